The standard InChI is InChI=1S/C27H28N2O2/c30-26-23-14-6-11-21-12-7-15-24(25(21)23)27(31)29(26)18-5-4-16-28-17-8-13-22(19-28)20-9-2-1-3-10-20/h1-3,6-7,9-12,14-15,22H,4-5,8,13,16-19H2. The molecule has 0 aliphatic carbocycles. The Kier molecular flexibility index (Phi) is 5.56. The van der Waals surface area contributed by atoms with Gasteiger partial charge < -0.3 is 4.90 Å². The smallest absolute Gasteiger partial charge is 0.261 e. The van der Waals surface area contributed by atoms with Gasteiger partial charge in [0.1, 0.15) is 0 Å². The zero-order valence-corrected chi connectivity index (χ0v) is 17.8. The van der Waals surface area contributed by atoms with Gasteiger partial charge in [-0.05, 0) is 67.8 Å². The minimum atomic E-state index is -0.156. The van der Waals surface area contributed by atoms with E-state index in [1.165, 1.54) is 23.3 Å². The van der Waals surface area contributed by atoms with Gasteiger partial charge in [0, 0.05) is 29.6 Å². The maximum atomic E-state index is 13.0. The summed E-state index contributed by atoms with van der Waals surface area (Å²) in [5.41, 5.74) is 2.73. The summed E-state index contributed by atoms with van der Waals surface area (Å²) < 4.78 is 0. The number of rotatable bonds is 6. The van der Waals surface area contributed by atoms with Crippen molar-refractivity contribution in [1.29, 1.82) is 0 Å². The number of hydrogen-bond acceptors (Lipinski definition) is 3. The average molecular weight is 413 g/mol. The Morgan fingerprint density at radius 2 is 1.45 bits per heavy atom. The summed E-state index contributed by atoms with van der Waals surface area (Å²) in [4.78, 5) is 30.0. The lowest BCUT2D eigenvalue weighted by molar-refractivity contribution is 0.0606. The third-order valence-electron chi connectivity index (χ3n) is 6.74. The number of carbonyl (C=O) groups excluding carboxylic acids is 2. The molecule has 0 aromatic heterocycles. The van der Waals surface area contributed by atoms with Gasteiger partial charge in [-0.25, -0.2) is 0 Å². The molecule has 2 aliphatic heterocycles. The summed E-state index contributed by atoms with van der Waals surface area (Å²) in [6, 6.07) is 22.2. The molecule has 0 saturated carbocycles. The van der Waals surface area contributed by atoms with Gasteiger partial charge in [-0.15, -0.1) is 0 Å². The maximum absolute atomic E-state index is 13.0. The molecule has 4 nitrogen and oxygen atoms in total. The zero-order valence-electron chi connectivity index (χ0n) is 17.8. The van der Waals surface area contributed by atoms with Crippen LogP contribution in [0.25, 0.3) is 10.8 Å². The molecular formula is C27H28N2O2. The Morgan fingerprint density at radius 1 is 0.774 bits per heavy atom. The van der Waals surface area contributed by atoms with E-state index in [2.05, 4.69) is 35.2 Å². The summed E-state index contributed by atoms with van der Waals surface area (Å²) in [5, 5.41) is 1.76. The van der Waals surface area contributed by atoms with Crippen molar-refractivity contribution >= 4 is 22.6 Å². The van der Waals surface area contributed by atoms with Crippen LogP contribution in [-0.4, -0.2) is 47.8 Å². The van der Waals surface area contributed by atoms with Gasteiger partial charge >= 0.3 is 0 Å². The first-order chi connectivity index (χ1) is 15.2. The van der Waals surface area contributed by atoms with Gasteiger partial charge in [-0.3, -0.25) is 14.5 Å². The van der Waals surface area contributed by atoms with Crippen molar-refractivity contribution in [3.8, 4) is 0 Å². The Hall–Kier alpha value is -2.98. The number of unbranched alkanes of at least 4 members (excludes halogenated alkanes) is 1. The second-order valence-corrected chi connectivity index (χ2v) is 8.73. The SMILES string of the molecule is O=C1c2cccc3cccc(c23)C(=O)N1CCCCN1CCCC(c2ccccc2)C1. The number of likely N-dealkylation sites (tertiary alicyclic amines) is 1. The minimum absolute atomic E-state index is 0.156. The molecule has 0 spiro atoms. The zero-order chi connectivity index (χ0) is 21.2. The van der Waals surface area contributed by atoms with Gasteiger partial charge in [0.15, 0.2) is 0 Å². The summed E-state index contributed by atoms with van der Waals surface area (Å²) in [6.45, 7) is 3.74. The summed E-state index contributed by atoms with van der Waals surface area (Å²) in [7, 11) is 0. The van der Waals surface area contributed by atoms with Crippen LogP contribution in [0.15, 0.2) is 66.7 Å². The normalized spacial score (nSPS) is 19.2. The Morgan fingerprint density at radius 3 is 2.16 bits per heavy atom. The van der Waals surface area contributed by atoms with E-state index in [1.807, 2.05) is 36.4 Å². The highest BCUT2D eigenvalue weighted by atomic mass is 16.2. The molecule has 5 rings (SSSR count). The van der Waals surface area contributed by atoms with E-state index in [4.69, 9.17) is 0 Å². The fraction of sp³-hybridized carbons (Fsp3) is 0.333. The first-order valence-electron chi connectivity index (χ1n) is 11.4. The lowest BCUT2D eigenvalue weighted by Crippen LogP contribution is -2.41. The number of carbonyl (C=O) groups is 2. The highest BCUT2D eigenvalue weighted by molar-refractivity contribution is 6.25. The minimum Gasteiger partial charge on any atom is -0.303 e. The van der Waals surface area contributed by atoms with E-state index in [0.29, 0.717) is 23.6 Å². The van der Waals surface area contributed by atoms with E-state index in [1.54, 1.807) is 0 Å². The molecule has 2 amide bonds. The van der Waals surface area contributed by atoms with E-state index >= 15 is 0 Å². The van der Waals surface area contributed by atoms with Crippen LogP contribution < -0.4 is 0 Å². The van der Waals surface area contributed by atoms with Crippen LogP contribution in [0.2, 0.25) is 0 Å². The maximum Gasteiger partial charge on any atom is 0.261 e. The number of piperidine rings is 1. The van der Waals surface area contributed by atoms with Crippen LogP contribution in [0.4, 0.5) is 0 Å². The second-order valence-electron chi connectivity index (χ2n) is 8.73. The molecule has 2 aliphatic rings. The van der Waals surface area contributed by atoms with Crippen LogP contribution in [0.1, 0.15) is 57.9 Å². The third kappa shape index (κ3) is 3.88. The monoisotopic (exact) mass is 412 g/mol. The Balaban J connectivity index is 1.19. The summed E-state index contributed by atoms with van der Waals surface area (Å²) in [5.74, 6) is 0.296. The molecule has 3 aromatic carbocycles. The van der Waals surface area contributed by atoms with Crippen LogP contribution in [0, 0.1) is 0 Å². The lowest BCUT2D eigenvalue weighted by atomic mass is 9.90. The first kappa shape index (κ1) is 20.0. The number of benzene rings is 3. The van der Waals surface area contributed by atoms with Crippen molar-refractivity contribution in [3.63, 3.8) is 0 Å². The van der Waals surface area contributed by atoms with Crippen LogP contribution in [0.5, 0.6) is 0 Å². The Bertz CT molecular complexity index is 1060. The molecular weight excluding hydrogens is 384 g/mol. The van der Waals surface area contributed by atoms with Gasteiger partial charge in [-0.2, -0.15) is 0 Å². The number of nitrogens with zero attached hydrogens (tertiary/aromatic N) is 2. The quantitative estimate of drug-likeness (QED) is 0.418. The highest BCUT2D eigenvalue weighted by Crippen LogP contribution is 2.30. The van der Waals surface area contributed by atoms with E-state index in [-0.39, 0.29) is 11.8 Å². The summed E-state index contributed by atoms with van der Waals surface area (Å²) in [6.07, 6.45) is 4.30. The van der Waals surface area contributed by atoms with Crippen molar-refractivity contribution in [2.24, 2.45) is 0 Å². The second kappa shape index (κ2) is 8.64. The molecule has 2 heterocycles. The van der Waals surface area contributed by atoms with Crippen molar-refractivity contribution < 1.29 is 9.59 Å². The average Bonchev–Trinajstić information content (AvgIpc) is 2.82. The van der Waals surface area contributed by atoms with Crippen molar-refractivity contribution in [1.82, 2.24) is 9.80 Å². The van der Waals surface area contributed by atoms with Crippen LogP contribution in [-0.2, 0) is 0 Å². The van der Waals surface area contributed by atoms with E-state index < -0.39 is 0 Å². The van der Waals surface area contributed by atoms with E-state index in [0.717, 1.165) is 43.2 Å². The Labute approximate surface area is 183 Å². The van der Waals surface area contributed by atoms with Gasteiger partial charge in [0.25, 0.3) is 11.8 Å². The fourth-order valence-electron chi connectivity index (χ4n) is 5.14. The molecule has 3 aromatic rings. The van der Waals surface area contributed by atoms with E-state index in [9.17, 15) is 9.59 Å². The molecule has 31 heavy (non-hydrogen) atoms. The molecule has 1 atom stereocenters. The number of amides is 2. The number of hydrogen-bond donors (Lipinski definition) is 0. The summed E-state index contributed by atoms with van der Waals surface area (Å²) >= 11 is 0. The van der Waals surface area contributed by atoms with Crippen molar-refractivity contribution in [2.45, 2.75) is 31.6 Å². The van der Waals surface area contributed by atoms with Gasteiger partial charge in [0.2, 0.25) is 0 Å². The highest BCUT2D eigenvalue weighted by Gasteiger charge is 2.32. The predicted molar refractivity (Wildman–Crippen MR) is 123 cm³/mol. The van der Waals surface area contributed by atoms with Crippen LogP contribution in [0.3, 0.4) is 0 Å². The topological polar surface area (TPSA) is 40.6 Å². The van der Waals surface area contributed by atoms with Crippen molar-refractivity contribution in [3.05, 3.63) is 83.4 Å². The predicted octanol–water partition coefficient (Wildman–Crippen LogP) is 5.10. The molecule has 1 unspecified atom stereocenters. The third-order valence-corrected chi connectivity index (χ3v) is 6.74. The van der Waals surface area contributed by atoms with Crippen molar-refractivity contribution in [2.75, 3.05) is 26.2 Å². The van der Waals surface area contributed by atoms with Gasteiger partial charge in [0.05, 0.1) is 0 Å². The molecule has 0 bridgehead atoms. The number of imide groups is 1. The molecule has 1 fully saturated rings. The molecule has 4 heteroatoms. The van der Waals surface area contributed by atoms with Crippen LogP contribution >= 0.6 is 0 Å². The largest absolute Gasteiger partial charge is 0.303 e. The first-order valence-corrected chi connectivity index (χ1v) is 11.4. The molecule has 158 valence electrons. The lowest BCUT2D eigenvalue weighted by Gasteiger charge is -2.33. The fourth-order valence-corrected chi connectivity index (χ4v) is 5.14. The molecule has 0 radical (unpaired) electrons. The van der Waals surface area contributed by atoms with Gasteiger partial charge in [-0.1, -0.05) is 54.6 Å². The molecule has 0 N–H and O–H groups in total. The molecule has 1 saturated heterocycles.